The summed E-state index contributed by atoms with van der Waals surface area (Å²) in [4.78, 5) is 22.8. The van der Waals surface area contributed by atoms with Crippen molar-refractivity contribution in [2.45, 2.75) is 53.6 Å². The minimum atomic E-state index is -0.509. The molecule has 0 radical (unpaired) electrons. The third kappa shape index (κ3) is 7.27. The smallest absolute Gasteiger partial charge is 0.311 e. The Morgan fingerprint density at radius 3 is 2.28 bits per heavy atom. The summed E-state index contributed by atoms with van der Waals surface area (Å²) in [6.45, 7) is 9.21. The van der Waals surface area contributed by atoms with Crippen molar-refractivity contribution in [1.29, 1.82) is 0 Å². The van der Waals surface area contributed by atoms with Crippen LogP contribution in [0.15, 0.2) is 0 Å². The lowest BCUT2D eigenvalue weighted by molar-refractivity contribution is -0.163. The second kappa shape index (κ2) is 8.08. The van der Waals surface area contributed by atoms with Crippen LogP contribution in [0.1, 0.15) is 47.5 Å². The van der Waals surface area contributed by atoms with E-state index >= 15 is 0 Å². The van der Waals surface area contributed by atoms with Gasteiger partial charge in [0.05, 0.1) is 17.9 Å². The first-order valence-electron chi connectivity index (χ1n) is 6.24. The molecule has 0 bridgehead atoms. The fraction of sp³-hybridized carbons (Fsp3) is 0.846. The van der Waals surface area contributed by atoms with Crippen LogP contribution in [0.5, 0.6) is 0 Å². The summed E-state index contributed by atoms with van der Waals surface area (Å²) in [6.07, 6.45) is 0.756. The molecule has 0 aliphatic carbocycles. The van der Waals surface area contributed by atoms with Gasteiger partial charge in [0, 0.05) is 0 Å². The highest BCUT2D eigenvalue weighted by atomic mass is 16.7. The lowest BCUT2D eigenvalue weighted by Gasteiger charge is -2.20. The van der Waals surface area contributed by atoms with Gasteiger partial charge < -0.3 is 14.2 Å². The normalized spacial score (nSPS) is 11.4. The Morgan fingerprint density at radius 2 is 1.78 bits per heavy atom. The van der Waals surface area contributed by atoms with E-state index in [0.717, 1.165) is 0 Å². The Balaban J connectivity index is 3.72. The Morgan fingerprint density at radius 1 is 1.17 bits per heavy atom. The molecule has 0 aromatic heterocycles. The maximum Gasteiger partial charge on any atom is 0.311 e. The first-order chi connectivity index (χ1) is 8.29. The molecule has 18 heavy (non-hydrogen) atoms. The molecule has 0 saturated heterocycles. The van der Waals surface area contributed by atoms with E-state index in [2.05, 4.69) is 0 Å². The van der Waals surface area contributed by atoms with Gasteiger partial charge in [-0.3, -0.25) is 9.59 Å². The van der Waals surface area contributed by atoms with Crippen LogP contribution in [0, 0.1) is 5.41 Å². The minimum Gasteiger partial charge on any atom is -0.465 e. The summed E-state index contributed by atoms with van der Waals surface area (Å²) in [5.74, 6) is -0.728. The number of carbonyl (C=O) groups excluding carboxylic acids is 2. The molecule has 0 heterocycles. The summed E-state index contributed by atoms with van der Waals surface area (Å²) < 4.78 is 14.9. The summed E-state index contributed by atoms with van der Waals surface area (Å²) in [7, 11) is 0. The Hall–Kier alpha value is -1.10. The summed E-state index contributed by atoms with van der Waals surface area (Å²) >= 11 is 0. The number of ether oxygens (including phenoxy) is 3. The molecule has 5 nitrogen and oxygen atoms in total. The van der Waals surface area contributed by atoms with Crippen molar-refractivity contribution in [1.82, 2.24) is 0 Å². The topological polar surface area (TPSA) is 61.8 Å². The largest absolute Gasteiger partial charge is 0.465 e. The zero-order valence-corrected chi connectivity index (χ0v) is 11.9. The highest BCUT2D eigenvalue weighted by Gasteiger charge is 2.27. The van der Waals surface area contributed by atoms with Gasteiger partial charge in [-0.1, -0.05) is 6.92 Å². The van der Waals surface area contributed by atoms with E-state index in [0.29, 0.717) is 6.42 Å². The molecular formula is C13H24O5. The van der Waals surface area contributed by atoms with Crippen molar-refractivity contribution in [2.75, 3.05) is 13.4 Å². The lowest BCUT2D eigenvalue weighted by Crippen LogP contribution is -2.26. The van der Waals surface area contributed by atoms with E-state index in [1.54, 1.807) is 0 Å². The summed E-state index contributed by atoms with van der Waals surface area (Å²) in [5, 5.41) is 0. The van der Waals surface area contributed by atoms with Crippen LogP contribution >= 0.6 is 0 Å². The highest BCUT2D eigenvalue weighted by Crippen LogP contribution is 2.21. The molecule has 106 valence electrons. The third-order valence-corrected chi connectivity index (χ3v) is 2.60. The molecule has 0 amide bonds. The average Bonchev–Trinajstić information content (AvgIpc) is 2.28. The Labute approximate surface area is 109 Å². The Kier molecular flexibility index (Phi) is 7.59. The molecule has 0 rings (SSSR count). The van der Waals surface area contributed by atoms with Crippen molar-refractivity contribution in [3.8, 4) is 0 Å². The fourth-order valence-electron chi connectivity index (χ4n) is 0.875. The zero-order chi connectivity index (χ0) is 14.2. The van der Waals surface area contributed by atoms with Crippen LogP contribution in [-0.4, -0.2) is 31.4 Å². The van der Waals surface area contributed by atoms with Crippen LogP contribution in [0.2, 0.25) is 0 Å². The van der Waals surface area contributed by atoms with Crippen LogP contribution in [0.25, 0.3) is 0 Å². The number of rotatable bonds is 8. The van der Waals surface area contributed by atoms with Crippen molar-refractivity contribution < 1.29 is 23.8 Å². The second-order valence-corrected chi connectivity index (χ2v) is 4.97. The number of hydrogen-bond donors (Lipinski definition) is 0. The molecule has 0 atom stereocenters. The molecule has 0 aliphatic heterocycles. The van der Waals surface area contributed by atoms with E-state index in [-0.39, 0.29) is 31.9 Å². The van der Waals surface area contributed by atoms with Crippen molar-refractivity contribution >= 4 is 11.9 Å². The van der Waals surface area contributed by atoms with E-state index in [1.807, 2.05) is 34.6 Å². The predicted octanol–water partition coefficient (Wildman–Crippen LogP) is 2.28. The van der Waals surface area contributed by atoms with E-state index < -0.39 is 11.4 Å². The predicted molar refractivity (Wildman–Crippen MR) is 66.8 cm³/mol. The Bertz CT molecular complexity index is 271. The van der Waals surface area contributed by atoms with Crippen LogP contribution in [-0.2, 0) is 23.8 Å². The van der Waals surface area contributed by atoms with Crippen molar-refractivity contribution in [3.05, 3.63) is 0 Å². The van der Waals surface area contributed by atoms with Gasteiger partial charge in [-0.25, -0.2) is 0 Å². The molecule has 0 unspecified atom stereocenters. The van der Waals surface area contributed by atoms with E-state index in [9.17, 15) is 9.59 Å². The molecule has 0 aliphatic rings. The molecule has 0 N–H and O–H groups in total. The average molecular weight is 260 g/mol. The first-order valence-corrected chi connectivity index (χ1v) is 6.24. The van der Waals surface area contributed by atoms with Crippen molar-refractivity contribution in [3.63, 3.8) is 0 Å². The third-order valence-electron chi connectivity index (χ3n) is 2.60. The molecule has 0 aromatic rings. The monoisotopic (exact) mass is 260 g/mol. The standard InChI is InChI=1S/C13H24O5/c1-6-13(4,5)12(15)16-8-7-11(14)18-9-17-10(2)3/h10H,6-9H2,1-5H3. The number of carbonyl (C=O) groups is 2. The second-order valence-electron chi connectivity index (χ2n) is 4.97. The summed E-state index contributed by atoms with van der Waals surface area (Å²) in [6, 6.07) is 0. The van der Waals surface area contributed by atoms with Gasteiger partial charge in [0.25, 0.3) is 0 Å². The zero-order valence-electron chi connectivity index (χ0n) is 11.9. The molecule has 0 spiro atoms. The number of hydrogen-bond acceptors (Lipinski definition) is 5. The molecular weight excluding hydrogens is 236 g/mol. The molecule has 5 heteroatoms. The minimum absolute atomic E-state index is 0.0148. The van der Waals surface area contributed by atoms with Crippen LogP contribution in [0.3, 0.4) is 0 Å². The molecule has 0 saturated carbocycles. The SMILES string of the molecule is CCC(C)(C)C(=O)OCCC(=O)OCOC(C)C. The van der Waals surface area contributed by atoms with E-state index in [1.165, 1.54) is 0 Å². The van der Waals surface area contributed by atoms with Crippen molar-refractivity contribution in [2.24, 2.45) is 5.41 Å². The van der Waals surface area contributed by atoms with Gasteiger partial charge in [-0.15, -0.1) is 0 Å². The van der Waals surface area contributed by atoms with Gasteiger partial charge in [-0.05, 0) is 34.1 Å². The highest BCUT2D eigenvalue weighted by molar-refractivity contribution is 5.76. The maximum atomic E-state index is 11.6. The van der Waals surface area contributed by atoms with Gasteiger partial charge in [0.1, 0.15) is 6.61 Å². The quantitative estimate of drug-likeness (QED) is 0.495. The van der Waals surface area contributed by atoms with Crippen LogP contribution in [0.4, 0.5) is 0 Å². The van der Waals surface area contributed by atoms with E-state index in [4.69, 9.17) is 14.2 Å². The fourth-order valence-corrected chi connectivity index (χ4v) is 0.875. The number of esters is 2. The van der Waals surface area contributed by atoms with Gasteiger partial charge in [0.15, 0.2) is 6.79 Å². The maximum absolute atomic E-state index is 11.6. The molecule has 0 fully saturated rings. The summed E-state index contributed by atoms with van der Waals surface area (Å²) in [5.41, 5.74) is -0.509. The van der Waals surface area contributed by atoms with Gasteiger partial charge in [-0.2, -0.15) is 0 Å². The molecule has 0 aromatic carbocycles. The van der Waals surface area contributed by atoms with Crippen LogP contribution < -0.4 is 0 Å². The lowest BCUT2D eigenvalue weighted by atomic mass is 9.91. The van der Waals surface area contributed by atoms with Gasteiger partial charge >= 0.3 is 11.9 Å². The van der Waals surface area contributed by atoms with Gasteiger partial charge in [0.2, 0.25) is 0 Å². The first kappa shape index (κ1) is 16.9.